The number of rotatable bonds is 3. The van der Waals surface area contributed by atoms with Crippen LogP contribution in [0.25, 0.3) is 10.9 Å². The number of benzene rings is 2. The lowest BCUT2D eigenvalue weighted by atomic mass is 9.99. The topological polar surface area (TPSA) is 50.3 Å². The second-order valence-corrected chi connectivity index (χ2v) is 9.50. The van der Waals surface area contributed by atoms with E-state index in [1.807, 2.05) is 18.2 Å². The maximum Gasteiger partial charge on any atom is 0.210 e. The van der Waals surface area contributed by atoms with Gasteiger partial charge in [-0.15, -0.1) is 0 Å². The first-order valence-corrected chi connectivity index (χ1v) is 11.0. The molecule has 0 bridgehead atoms. The van der Waals surface area contributed by atoms with Crippen LogP contribution >= 0.6 is 11.6 Å². The molecule has 1 fully saturated rings. The number of halogens is 1. The standard InChI is InChI=1S/C21H21ClN2O2S/c1-15-6-5-11-24(14-15)21-18-12-16(22)9-10-19(18)23-13-20(21)27(25,26)17-7-3-2-4-8-17/h2-4,7-10,12-13,15H,5-6,11,14H2,1H3/t15-/m1/s1. The molecular formula is C21H21ClN2O2S. The quantitative estimate of drug-likeness (QED) is 0.623. The number of hydrogen-bond donors (Lipinski definition) is 0. The van der Waals surface area contributed by atoms with Gasteiger partial charge in [0.2, 0.25) is 9.84 Å². The van der Waals surface area contributed by atoms with Crippen LogP contribution in [0.4, 0.5) is 5.69 Å². The highest BCUT2D eigenvalue weighted by molar-refractivity contribution is 7.91. The zero-order chi connectivity index (χ0) is 19.0. The monoisotopic (exact) mass is 400 g/mol. The Hall–Kier alpha value is -2.11. The molecule has 0 aliphatic carbocycles. The molecule has 140 valence electrons. The Morgan fingerprint density at radius 1 is 1.15 bits per heavy atom. The molecule has 3 aromatic rings. The summed E-state index contributed by atoms with van der Waals surface area (Å²) in [6.07, 6.45) is 3.69. The van der Waals surface area contributed by atoms with Gasteiger partial charge < -0.3 is 4.90 Å². The van der Waals surface area contributed by atoms with Crippen LogP contribution in [0, 0.1) is 5.92 Å². The number of anilines is 1. The lowest BCUT2D eigenvalue weighted by Gasteiger charge is -2.34. The summed E-state index contributed by atoms with van der Waals surface area (Å²) in [5.41, 5.74) is 1.47. The molecule has 1 aliphatic rings. The average molecular weight is 401 g/mol. The van der Waals surface area contributed by atoms with Gasteiger partial charge in [-0.3, -0.25) is 4.98 Å². The van der Waals surface area contributed by atoms with Crippen LogP contribution in [0.15, 0.2) is 64.5 Å². The van der Waals surface area contributed by atoms with E-state index in [0.717, 1.165) is 42.5 Å². The maximum atomic E-state index is 13.4. The summed E-state index contributed by atoms with van der Waals surface area (Å²) in [5, 5.41) is 1.36. The third-order valence-electron chi connectivity index (χ3n) is 5.08. The summed E-state index contributed by atoms with van der Waals surface area (Å²) in [6, 6.07) is 14.0. The Morgan fingerprint density at radius 2 is 1.93 bits per heavy atom. The van der Waals surface area contributed by atoms with Crippen molar-refractivity contribution in [3.63, 3.8) is 0 Å². The second-order valence-electron chi connectivity index (χ2n) is 7.14. The first kappa shape index (κ1) is 18.3. The molecule has 0 unspecified atom stereocenters. The molecule has 0 N–H and O–H groups in total. The minimum absolute atomic E-state index is 0.248. The summed E-state index contributed by atoms with van der Waals surface area (Å²) in [5.74, 6) is 0.508. The van der Waals surface area contributed by atoms with E-state index in [9.17, 15) is 8.42 Å². The SMILES string of the molecule is C[C@@H]1CCCN(c2c(S(=O)(=O)c3ccccc3)cnc3ccc(Cl)cc23)C1. The van der Waals surface area contributed by atoms with Crippen molar-refractivity contribution in [1.82, 2.24) is 4.98 Å². The summed E-state index contributed by atoms with van der Waals surface area (Å²) in [6.45, 7) is 3.85. The minimum atomic E-state index is -3.69. The van der Waals surface area contributed by atoms with Crippen molar-refractivity contribution >= 4 is 38.0 Å². The summed E-state index contributed by atoms with van der Waals surface area (Å²) < 4.78 is 26.8. The van der Waals surface area contributed by atoms with Crippen LogP contribution < -0.4 is 4.90 Å². The Labute approximate surface area is 164 Å². The molecule has 1 saturated heterocycles. The van der Waals surface area contributed by atoms with Crippen LogP contribution in [0.3, 0.4) is 0 Å². The summed E-state index contributed by atoms with van der Waals surface area (Å²) >= 11 is 6.25. The minimum Gasteiger partial charge on any atom is -0.370 e. The van der Waals surface area contributed by atoms with Crippen molar-refractivity contribution < 1.29 is 8.42 Å². The number of sulfone groups is 1. The fraction of sp³-hybridized carbons (Fsp3) is 0.286. The van der Waals surface area contributed by atoms with Gasteiger partial charge in [-0.1, -0.05) is 36.7 Å². The van der Waals surface area contributed by atoms with Gasteiger partial charge in [0, 0.05) is 29.7 Å². The van der Waals surface area contributed by atoms with Gasteiger partial charge in [-0.2, -0.15) is 0 Å². The van der Waals surface area contributed by atoms with Gasteiger partial charge in [0.15, 0.2) is 0 Å². The molecule has 1 aliphatic heterocycles. The molecule has 1 aromatic heterocycles. The van der Waals surface area contributed by atoms with E-state index in [-0.39, 0.29) is 9.79 Å². The maximum absolute atomic E-state index is 13.4. The molecule has 6 heteroatoms. The highest BCUT2D eigenvalue weighted by Gasteiger charge is 2.28. The van der Waals surface area contributed by atoms with Crippen LogP contribution in [-0.4, -0.2) is 26.5 Å². The number of hydrogen-bond acceptors (Lipinski definition) is 4. The molecule has 0 saturated carbocycles. The Bertz CT molecular complexity index is 1080. The second kappa shape index (κ2) is 7.13. The van der Waals surface area contributed by atoms with Gasteiger partial charge >= 0.3 is 0 Å². The molecule has 0 spiro atoms. The van der Waals surface area contributed by atoms with Crippen LogP contribution in [0.5, 0.6) is 0 Å². The van der Waals surface area contributed by atoms with Crippen molar-refractivity contribution in [2.24, 2.45) is 5.92 Å². The lowest BCUT2D eigenvalue weighted by Crippen LogP contribution is -2.35. The van der Waals surface area contributed by atoms with Gasteiger partial charge in [0.25, 0.3) is 0 Å². The zero-order valence-electron chi connectivity index (χ0n) is 15.1. The third kappa shape index (κ3) is 3.42. The van der Waals surface area contributed by atoms with E-state index in [2.05, 4.69) is 16.8 Å². The highest BCUT2D eigenvalue weighted by Crippen LogP contribution is 2.38. The molecular weight excluding hydrogens is 380 g/mol. The predicted molar refractivity (Wildman–Crippen MR) is 109 cm³/mol. The molecule has 1 atom stereocenters. The lowest BCUT2D eigenvalue weighted by molar-refractivity contribution is 0.446. The molecule has 2 aromatic carbocycles. The van der Waals surface area contributed by atoms with E-state index in [1.54, 1.807) is 30.3 Å². The normalized spacial score (nSPS) is 18.0. The summed E-state index contributed by atoms with van der Waals surface area (Å²) in [4.78, 5) is 7.13. The van der Waals surface area contributed by atoms with E-state index in [1.165, 1.54) is 6.20 Å². The molecule has 2 heterocycles. The Balaban J connectivity index is 1.99. The van der Waals surface area contributed by atoms with Gasteiger partial charge in [-0.25, -0.2) is 8.42 Å². The first-order chi connectivity index (χ1) is 13.0. The van der Waals surface area contributed by atoms with Gasteiger partial charge in [0.05, 0.1) is 16.1 Å². The molecule has 27 heavy (non-hydrogen) atoms. The van der Waals surface area contributed by atoms with Crippen LogP contribution in [0.1, 0.15) is 19.8 Å². The van der Waals surface area contributed by atoms with Crippen molar-refractivity contribution in [3.05, 3.63) is 59.8 Å². The largest absolute Gasteiger partial charge is 0.370 e. The third-order valence-corrected chi connectivity index (χ3v) is 7.09. The first-order valence-electron chi connectivity index (χ1n) is 9.10. The van der Waals surface area contributed by atoms with E-state index < -0.39 is 9.84 Å². The summed E-state index contributed by atoms with van der Waals surface area (Å²) in [7, 11) is -3.69. The number of piperidine rings is 1. The highest BCUT2D eigenvalue weighted by atomic mass is 35.5. The van der Waals surface area contributed by atoms with E-state index in [0.29, 0.717) is 10.9 Å². The van der Waals surface area contributed by atoms with Crippen LogP contribution in [0.2, 0.25) is 5.02 Å². The van der Waals surface area contributed by atoms with E-state index >= 15 is 0 Å². The fourth-order valence-electron chi connectivity index (χ4n) is 3.77. The predicted octanol–water partition coefficient (Wildman–Crippen LogP) is 4.96. The Kier molecular flexibility index (Phi) is 4.82. The smallest absolute Gasteiger partial charge is 0.210 e. The molecule has 0 amide bonds. The van der Waals surface area contributed by atoms with Crippen molar-refractivity contribution in [1.29, 1.82) is 0 Å². The van der Waals surface area contributed by atoms with Gasteiger partial charge in [0.1, 0.15) is 4.90 Å². The Morgan fingerprint density at radius 3 is 2.67 bits per heavy atom. The zero-order valence-corrected chi connectivity index (χ0v) is 16.7. The molecule has 4 nitrogen and oxygen atoms in total. The number of pyridine rings is 1. The fourth-order valence-corrected chi connectivity index (χ4v) is 5.40. The van der Waals surface area contributed by atoms with Crippen LogP contribution in [-0.2, 0) is 9.84 Å². The van der Waals surface area contributed by atoms with Gasteiger partial charge in [-0.05, 0) is 49.1 Å². The van der Waals surface area contributed by atoms with Crippen molar-refractivity contribution in [2.75, 3.05) is 18.0 Å². The van der Waals surface area contributed by atoms with Crippen molar-refractivity contribution in [2.45, 2.75) is 29.6 Å². The number of fused-ring (bicyclic) bond motifs is 1. The van der Waals surface area contributed by atoms with E-state index in [4.69, 9.17) is 11.6 Å². The number of aromatic nitrogens is 1. The van der Waals surface area contributed by atoms with Crippen molar-refractivity contribution in [3.8, 4) is 0 Å². The number of nitrogens with zero attached hydrogens (tertiary/aromatic N) is 2. The molecule has 4 rings (SSSR count). The molecule has 0 radical (unpaired) electrons. The average Bonchev–Trinajstić information content (AvgIpc) is 2.67.